The number of unbranched alkanes of at least 4 members (excludes halogenated alkanes) is 3. The highest BCUT2D eigenvalue weighted by Gasteiger charge is 2.06. The van der Waals surface area contributed by atoms with Crippen LogP contribution in [0.5, 0.6) is 5.75 Å². The summed E-state index contributed by atoms with van der Waals surface area (Å²) in [4.78, 5) is 0. The highest BCUT2D eigenvalue weighted by atomic mass is 16.3. The Morgan fingerprint density at radius 1 is 0.944 bits per heavy atom. The van der Waals surface area contributed by atoms with Crippen molar-refractivity contribution in [3.63, 3.8) is 0 Å². The van der Waals surface area contributed by atoms with E-state index in [-0.39, 0.29) is 0 Å². The lowest BCUT2D eigenvalue weighted by molar-refractivity contribution is 0.477. The van der Waals surface area contributed by atoms with Crippen molar-refractivity contribution in [3.05, 3.63) is 41.5 Å². The maximum atomic E-state index is 10.1. The van der Waals surface area contributed by atoms with Gasteiger partial charge in [-0.3, -0.25) is 0 Å². The molecule has 0 fully saturated rings. The Balaban J connectivity index is 2.26. The van der Waals surface area contributed by atoms with Gasteiger partial charge >= 0.3 is 0 Å². The minimum Gasteiger partial charge on any atom is -0.507 e. The first kappa shape index (κ1) is 12.9. The third kappa shape index (κ3) is 2.66. The predicted molar refractivity (Wildman–Crippen MR) is 78.2 cm³/mol. The van der Waals surface area contributed by atoms with Gasteiger partial charge in [-0.05, 0) is 36.3 Å². The first-order chi connectivity index (χ1) is 8.74. The van der Waals surface area contributed by atoms with Crippen LogP contribution >= 0.6 is 0 Å². The number of hydrogen-bond acceptors (Lipinski definition) is 1. The van der Waals surface area contributed by atoms with Crippen LogP contribution in [0.2, 0.25) is 0 Å². The average molecular weight is 242 g/mol. The molecule has 0 aliphatic rings. The fourth-order valence-electron chi connectivity index (χ4n) is 2.48. The number of hydrogen-bond donors (Lipinski definition) is 1. The van der Waals surface area contributed by atoms with Gasteiger partial charge in [0.2, 0.25) is 0 Å². The molecular weight excluding hydrogens is 220 g/mol. The van der Waals surface area contributed by atoms with Gasteiger partial charge in [-0.15, -0.1) is 0 Å². The van der Waals surface area contributed by atoms with Gasteiger partial charge in [-0.2, -0.15) is 0 Å². The van der Waals surface area contributed by atoms with E-state index in [0.29, 0.717) is 5.75 Å². The molecule has 1 heteroatoms. The SMILES string of the molecule is CCCCCCc1cccc2c(O)c(C)ccc12. The number of phenolic OH excluding ortho intramolecular Hbond substituents is 1. The van der Waals surface area contributed by atoms with Gasteiger partial charge < -0.3 is 5.11 Å². The maximum Gasteiger partial charge on any atom is 0.126 e. The van der Waals surface area contributed by atoms with Gasteiger partial charge in [0.1, 0.15) is 5.75 Å². The highest BCUT2D eigenvalue weighted by molar-refractivity contribution is 5.91. The third-order valence-electron chi connectivity index (χ3n) is 3.62. The molecule has 1 nitrogen and oxygen atoms in total. The monoisotopic (exact) mass is 242 g/mol. The zero-order chi connectivity index (χ0) is 13.0. The Hall–Kier alpha value is -1.50. The van der Waals surface area contributed by atoms with Crippen LogP contribution in [-0.4, -0.2) is 5.11 Å². The van der Waals surface area contributed by atoms with E-state index >= 15 is 0 Å². The Labute approximate surface area is 109 Å². The smallest absolute Gasteiger partial charge is 0.126 e. The fourth-order valence-corrected chi connectivity index (χ4v) is 2.48. The van der Waals surface area contributed by atoms with E-state index in [1.807, 2.05) is 19.1 Å². The molecule has 96 valence electrons. The molecule has 0 spiro atoms. The summed E-state index contributed by atoms with van der Waals surface area (Å²) < 4.78 is 0. The average Bonchev–Trinajstić information content (AvgIpc) is 2.39. The number of rotatable bonds is 5. The lowest BCUT2D eigenvalue weighted by Crippen LogP contribution is -1.89. The van der Waals surface area contributed by atoms with Crippen LogP contribution in [0.3, 0.4) is 0 Å². The fraction of sp³-hybridized carbons (Fsp3) is 0.412. The molecule has 0 bridgehead atoms. The molecule has 0 radical (unpaired) electrons. The van der Waals surface area contributed by atoms with E-state index in [0.717, 1.165) is 17.4 Å². The molecule has 0 saturated carbocycles. The summed E-state index contributed by atoms with van der Waals surface area (Å²) in [5, 5.41) is 12.3. The topological polar surface area (TPSA) is 20.2 Å². The Kier molecular flexibility index (Phi) is 4.24. The van der Waals surface area contributed by atoms with Crippen molar-refractivity contribution < 1.29 is 5.11 Å². The van der Waals surface area contributed by atoms with E-state index in [1.165, 1.54) is 36.6 Å². The molecule has 0 aliphatic heterocycles. The van der Waals surface area contributed by atoms with Crippen molar-refractivity contribution in [2.24, 2.45) is 0 Å². The number of phenols is 1. The number of aromatic hydroxyl groups is 1. The number of fused-ring (bicyclic) bond motifs is 1. The van der Waals surface area contributed by atoms with Crippen molar-refractivity contribution in [1.29, 1.82) is 0 Å². The summed E-state index contributed by atoms with van der Waals surface area (Å²) in [5.74, 6) is 0.433. The van der Waals surface area contributed by atoms with Gasteiger partial charge in [0.25, 0.3) is 0 Å². The van der Waals surface area contributed by atoms with Crippen LogP contribution in [0, 0.1) is 6.92 Å². The molecule has 0 saturated heterocycles. The molecule has 0 atom stereocenters. The van der Waals surface area contributed by atoms with Crippen LogP contribution in [0.15, 0.2) is 30.3 Å². The normalized spacial score (nSPS) is 11.0. The summed E-state index contributed by atoms with van der Waals surface area (Å²) in [7, 11) is 0. The molecule has 0 heterocycles. The van der Waals surface area contributed by atoms with Crippen molar-refractivity contribution in [2.45, 2.75) is 46.0 Å². The molecule has 1 N–H and O–H groups in total. The second kappa shape index (κ2) is 5.90. The van der Waals surface area contributed by atoms with E-state index < -0.39 is 0 Å². The van der Waals surface area contributed by atoms with Crippen LogP contribution < -0.4 is 0 Å². The van der Waals surface area contributed by atoms with Crippen LogP contribution in [0.4, 0.5) is 0 Å². The molecule has 2 aromatic carbocycles. The number of benzene rings is 2. The van der Waals surface area contributed by atoms with E-state index in [1.54, 1.807) is 0 Å². The second-order valence-electron chi connectivity index (χ2n) is 5.05. The Morgan fingerprint density at radius 3 is 2.56 bits per heavy atom. The molecule has 0 aliphatic carbocycles. The van der Waals surface area contributed by atoms with Gasteiger partial charge in [0.15, 0.2) is 0 Å². The molecule has 0 amide bonds. The first-order valence-electron chi connectivity index (χ1n) is 6.94. The molecule has 2 aromatic rings. The lowest BCUT2D eigenvalue weighted by atomic mass is 9.97. The summed E-state index contributed by atoms with van der Waals surface area (Å²) in [6.45, 7) is 4.18. The molecule has 0 aromatic heterocycles. The van der Waals surface area contributed by atoms with Crippen molar-refractivity contribution in [1.82, 2.24) is 0 Å². The number of aryl methyl sites for hydroxylation is 2. The highest BCUT2D eigenvalue weighted by Crippen LogP contribution is 2.30. The van der Waals surface area contributed by atoms with E-state index in [4.69, 9.17) is 0 Å². The Morgan fingerprint density at radius 2 is 1.78 bits per heavy atom. The predicted octanol–water partition coefficient (Wildman–Crippen LogP) is 4.98. The zero-order valence-corrected chi connectivity index (χ0v) is 11.4. The summed E-state index contributed by atoms with van der Waals surface area (Å²) in [6, 6.07) is 10.4. The summed E-state index contributed by atoms with van der Waals surface area (Å²) >= 11 is 0. The minimum absolute atomic E-state index is 0.433. The Bertz CT molecular complexity index is 528. The molecule has 0 unspecified atom stereocenters. The van der Waals surface area contributed by atoms with Crippen molar-refractivity contribution >= 4 is 10.8 Å². The summed E-state index contributed by atoms with van der Waals surface area (Å²) in [5.41, 5.74) is 2.31. The second-order valence-corrected chi connectivity index (χ2v) is 5.05. The molecule has 2 rings (SSSR count). The first-order valence-corrected chi connectivity index (χ1v) is 6.94. The lowest BCUT2D eigenvalue weighted by Gasteiger charge is -2.09. The van der Waals surface area contributed by atoms with Crippen molar-refractivity contribution in [2.75, 3.05) is 0 Å². The van der Waals surface area contributed by atoms with E-state index in [2.05, 4.69) is 25.1 Å². The maximum absolute atomic E-state index is 10.1. The largest absolute Gasteiger partial charge is 0.507 e. The van der Waals surface area contributed by atoms with Gasteiger partial charge in [-0.1, -0.05) is 56.5 Å². The van der Waals surface area contributed by atoms with Crippen molar-refractivity contribution in [3.8, 4) is 5.75 Å². The van der Waals surface area contributed by atoms with Gasteiger partial charge in [0, 0.05) is 5.39 Å². The summed E-state index contributed by atoms with van der Waals surface area (Å²) in [6.07, 6.45) is 6.23. The van der Waals surface area contributed by atoms with E-state index in [9.17, 15) is 5.11 Å². The zero-order valence-electron chi connectivity index (χ0n) is 11.4. The molecular formula is C17H22O. The minimum atomic E-state index is 0.433. The standard InChI is InChI=1S/C17H22O/c1-3-4-5-6-8-14-9-7-10-16-15(14)12-11-13(2)17(16)18/h7,9-12,18H,3-6,8H2,1-2H3. The molecule has 18 heavy (non-hydrogen) atoms. The van der Waals surface area contributed by atoms with Crippen LogP contribution in [0.1, 0.15) is 43.7 Å². The van der Waals surface area contributed by atoms with Crippen LogP contribution in [-0.2, 0) is 6.42 Å². The quantitative estimate of drug-likeness (QED) is 0.733. The van der Waals surface area contributed by atoms with Crippen LogP contribution in [0.25, 0.3) is 10.8 Å². The van der Waals surface area contributed by atoms with Gasteiger partial charge in [0.05, 0.1) is 0 Å². The third-order valence-corrected chi connectivity index (χ3v) is 3.62. The van der Waals surface area contributed by atoms with Gasteiger partial charge in [-0.25, -0.2) is 0 Å².